The number of rotatable bonds is 9. The van der Waals surface area contributed by atoms with Gasteiger partial charge < -0.3 is 29.4 Å². The third kappa shape index (κ3) is 7.12. The number of carbonyl (C=O) groups excluding carboxylic acids is 2. The largest absolute Gasteiger partial charge is 0.486 e. The lowest BCUT2D eigenvalue weighted by atomic mass is 9.57. The van der Waals surface area contributed by atoms with Crippen LogP contribution in [0.1, 0.15) is 77.2 Å². The van der Waals surface area contributed by atoms with Crippen molar-refractivity contribution in [3.63, 3.8) is 0 Å². The van der Waals surface area contributed by atoms with Gasteiger partial charge in [0.2, 0.25) is 5.91 Å². The summed E-state index contributed by atoms with van der Waals surface area (Å²) in [5.41, 5.74) is 0.575. The molecule has 2 N–H and O–H groups in total. The number of ether oxygens (including phenoxy) is 2. The molecule has 0 bridgehead atoms. The monoisotopic (exact) mass is 658 g/mol. The fraction of sp³-hybridized carbons (Fsp3) is 0.588. The maximum absolute atomic E-state index is 14.2. The molecular weight excluding hydrogens is 614 g/mol. The summed E-state index contributed by atoms with van der Waals surface area (Å²) in [5, 5.41) is 6.73. The molecule has 2 aromatic rings. The first-order valence-electron chi connectivity index (χ1n) is 16.0. The van der Waals surface area contributed by atoms with Gasteiger partial charge in [-0.1, -0.05) is 70.8 Å². The van der Waals surface area contributed by atoms with Crippen LogP contribution in [0.5, 0.6) is 11.5 Å². The van der Waals surface area contributed by atoms with Crippen molar-refractivity contribution in [1.82, 2.24) is 10.6 Å². The van der Waals surface area contributed by atoms with Crippen LogP contribution in [-0.4, -0.2) is 55.8 Å². The summed E-state index contributed by atoms with van der Waals surface area (Å²) >= 11 is 12.5. The van der Waals surface area contributed by atoms with E-state index in [4.69, 9.17) is 42.0 Å². The van der Waals surface area contributed by atoms with Crippen LogP contribution in [0.4, 0.5) is 0 Å². The topological polar surface area (TPSA) is 95.1 Å². The zero-order chi connectivity index (χ0) is 32.7. The number of fused-ring (bicyclic) bond motifs is 2. The van der Waals surface area contributed by atoms with Gasteiger partial charge >= 0.3 is 7.12 Å². The summed E-state index contributed by atoms with van der Waals surface area (Å²) in [7, 11) is -0.622. The standard InChI is InChI=1S/C34H45BCl2N2O6/c1-19(2)14-30(35-44-29-15-20(3)33(5,6)21(4)34(29,7)45-35)39-32(41)26(38-31(40)24-18-23(36)9-10-25(24)37)16-22-8-11-27-28(17-22)43-13-12-42-27/h8-11,17-21,26,29-30H,12-16H2,1-7H3,(H,38,40)(H,39,41)/t20-,21-,26-,29+,30-,34-/m0/s1. The predicted molar refractivity (Wildman–Crippen MR) is 177 cm³/mol. The van der Waals surface area contributed by atoms with E-state index in [1.54, 1.807) is 12.1 Å². The first-order valence-corrected chi connectivity index (χ1v) is 16.7. The van der Waals surface area contributed by atoms with E-state index < -0.39 is 30.6 Å². The van der Waals surface area contributed by atoms with E-state index in [2.05, 4.69) is 59.1 Å². The number of nitrogens with one attached hydrogen (secondary N) is 2. The van der Waals surface area contributed by atoms with E-state index >= 15 is 0 Å². The average molecular weight is 659 g/mol. The first-order chi connectivity index (χ1) is 21.2. The minimum atomic E-state index is -0.943. The third-order valence-corrected chi connectivity index (χ3v) is 10.9. The van der Waals surface area contributed by atoms with Crippen molar-refractivity contribution in [2.75, 3.05) is 13.2 Å². The van der Waals surface area contributed by atoms with E-state index in [0.717, 1.165) is 12.0 Å². The lowest BCUT2D eigenvalue weighted by Crippen LogP contribution is -2.57. The van der Waals surface area contributed by atoms with E-state index in [9.17, 15) is 9.59 Å². The smallest absolute Gasteiger partial charge is 0.481 e. The predicted octanol–water partition coefficient (Wildman–Crippen LogP) is 6.54. The lowest BCUT2D eigenvalue weighted by Gasteiger charge is -2.53. The highest BCUT2D eigenvalue weighted by Gasteiger charge is 2.61. The molecule has 8 nitrogen and oxygen atoms in total. The SMILES string of the molecule is CC(C)C[C@H](NC(=O)[C@H](Cc1ccc2c(c1)OCCO2)NC(=O)c1cc(Cl)ccc1Cl)B1O[C@@H]2C[C@H](C)C(C)(C)[C@H](C)[C@]2(C)O1. The second-order valence-corrected chi connectivity index (χ2v) is 14.9. The number of halogens is 2. The van der Waals surface area contributed by atoms with E-state index in [1.807, 2.05) is 18.2 Å². The molecule has 45 heavy (non-hydrogen) atoms. The molecular formula is C34H45BCl2N2O6. The molecule has 2 aliphatic heterocycles. The van der Waals surface area contributed by atoms with Crippen LogP contribution in [0.3, 0.4) is 0 Å². The van der Waals surface area contributed by atoms with Crippen molar-refractivity contribution in [3.8, 4) is 11.5 Å². The molecule has 0 spiro atoms. The van der Waals surface area contributed by atoms with E-state index in [0.29, 0.717) is 42.1 Å². The van der Waals surface area contributed by atoms with Gasteiger partial charge in [0.15, 0.2) is 11.5 Å². The summed E-state index contributed by atoms with van der Waals surface area (Å²) < 4.78 is 24.8. The molecule has 0 unspecified atom stereocenters. The van der Waals surface area contributed by atoms with Gasteiger partial charge in [0, 0.05) is 11.4 Å². The maximum atomic E-state index is 14.2. The van der Waals surface area contributed by atoms with Crippen molar-refractivity contribution >= 4 is 42.1 Å². The number of carbonyl (C=O) groups is 2. The normalized spacial score (nSPS) is 26.6. The molecule has 2 aromatic carbocycles. The zero-order valence-electron chi connectivity index (χ0n) is 27.2. The van der Waals surface area contributed by atoms with Crippen LogP contribution in [-0.2, 0) is 20.5 Å². The Kier molecular flexibility index (Phi) is 10.0. The summed E-state index contributed by atoms with van der Waals surface area (Å²) in [6.45, 7) is 16.4. The van der Waals surface area contributed by atoms with Crippen LogP contribution in [0.2, 0.25) is 10.0 Å². The fourth-order valence-corrected chi connectivity index (χ4v) is 7.26. The Morgan fingerprint density at radius 1 is 1.00 bits per heavy atom. The average Bonchev–Trinajstić information content (AvgIpc) is 3.33. The quantitative estimate of drug-likeness (QED) is 0.297. The Morgan fingerprint density at radius 2 is 1.71 bits per heavy atom. The Hall–Kier alpha value is -2.46. The lowest BCUT2D eigenvalue weighted by molar-refractivity contribution is -0.123. The molecule has 1 saturated carbocycles. The summed E-state index contributed by atoms with van der Waals surface area (Å²) in [6, 6.07) is 9.26. The molecule has 2 amide bonds. The highest BCUT2D eigenvalue weighted by molar-refractivity contribution is 6.48. The molecule has 11 heteroatoms. The molecule has 5 rings (SSSR count). The minimum Gasteiger partial charge on any atom is -0.486 e. The third-order valence-electron chi connectivity index (χ3n) is 10.3. The zero-order valence-corrected chi connectivity index (χ0v) is 28.8. The minimum absolute atomic E-state index is 0.0703. The van der Waals surface area contributed by atoms with Crippen LogP contribution < -0.4 is 20.1 Å². The number of hydrogen-bond donors (Lipinski definition) is 2. The maximum Gasteiger partial charge on any atom is 0.481 e. The second-order valence-electron chi connectivity index (χ2n) is 14.1. The van der Waals surface area contributed by atoms with Gasteiger partial charge in [-0.05, 0) is 78.8 Å². The fourth-order valence-electron chi connectivity index (χ4n) is 6.89. The molecule has 2 fully saturated rings. The molecule has 1 aliphatic carbocycles. The molecule has 244 valence electrons. The van der Waals surface area contributed by atoms with Gasteiger partial charge in [-0.2, -0.15) is 0 Å². The Labute approximate surface area is 277 Å². The molecule has 1 saturated heterocycles. The van der Waals surface area contributed by atoms with Gasteiger partial charge in [-0.15, -0.1) is 0 Å². The molecule has 0 radical (unpaired) electrons. The van der Waals surface area contributed by atoms with Crippen molar-refractivity contribution in [1.29, 1.82) is 0 Å². The summed E-state index contributed by atoms with van der Waals surface area (Å²) in [4.78, 5) is 27.7. The van der Waals surface area contributed by atoms with Crippen LogP contribution in [0, 0.1) is 23.2 Å². The second kappa shape index (κ2) is 13.3. The van der Waals surface area contributed by atoms with E-state index in [1.165, 1.54) is 6.07 Å². The van der Waals surface area contributed by atoms with Gasteiger partial charge in [-0.3, -0.25) is 9.59 Å². The Balaban J connectivity index is 1.40. The van der Waals surface area contributed by atoms with Crippen LogP contribution in [0.15, 0.2) is 36.4 Å². The Bertz CT molecular complexity index is 1420. The van der Waals surface area contributed by atoms with Crippen molar-refractivity contribution in [3.05, 3.63) is 57.6 Å². The van der Waals surface area contributed by atoms with Crippen molar-refractivity contribution < 1.29 is 28.4 Å². The summed E-state index contributed by atoms with van der Waals surface area (Å²) in [5.74, 6) is 0.916. The molecule has 3 aliphatic rings. The van der Waals surface area contributed by atoms with Gasteiger partial charge in [0.25, 0.3) is 5.91 Å². The van der Waals surface area contributed by atoms with Crippen LogP contribution in [0.25, 0.3) is 0 Å². The van der Waals surface area contributed by atoms with Gasteiger partial charge in [0.05, 0.1) is 28.2 Å². The number of amides is 2. The summed E-state index contributed by atoms with van der Waals surface area (Å²) in [6.07, 6.45) is 1.65. The number of hydrogen-bond acceptors (Lipinski definition) is 6. The highest BCUT2D eigenvalue weighted by atomic mass is 35.5. The van der Waals surface area contributed by atoms with Gasteiger partial charge in [-0.25, -0.2) is 0 Å². The van der Waals surface area contributed by atoms with Gasteiger partial charge in [0.1, 0.15) is 19.3 Å². The Morgan fingerprint density at radius 3 is 2.42 bits per heavy atom. The van der Waals surface area contributed by atoms with Crippen molar-refractivity contribution in [2.24, 2.45) is 23.2 Å². The van der Waals surface area contributed by atoms with Crippen molar-refractivity contribution in [2.45, 2.75) is 91.4 Å². The first kappa shape index (κ1) is 33.9. The van der Waals surface area contributed by atoms with E-state index in [-0.39, 0.29) is 46.3 Å². The molecule has 6 atom stereocenters. The number of benzene rings is 2. The van der Waals surface area contributed by atoms with Crippen LogP contribution >= 0.6 is 23.2 Å². The highest BCUT2D eigenvalue weighted by Crippen LogP contribution is 2.54. The molecule has 2 heterocycles. The molecule has 0 aromatic heterocycles.